The number of nitrogens with one attached hydrogen (secondary N) is 1. The van der Waals surface area contributed by atoms with Crippen LogP contribution >= 0.6 is 27.7 Å². The van der Waals surface area contributed by atoms with Crippen LogP contribution in [0.5, 0.6) is 0 Å². The third-order valence-electron chi connectivity index (χ3n) is 3.34. The Morgan fingerprint density at radius 3 is 2.38 bits per heavy atom. The lowest BCUT2D eigenvalue weighted by atomic mass is 9.92. The van der Waals surface area contributed by atoms with Gasteiger partial charge in [0.2, 0.25) is 0 Å². The van der Waals surface area contributed by atoms with Crippen molar-refractivity contribution in [3.05, 3.63) is 64.6 Å². The van der Waals surface area contributed by atoms with Crippen LogP contribution < -0.4 is 5.32 Å². The molecule has 0 aromatic heterocycles. The molecule has 0 saturated carbocycles. The Hall–Kier alpha value is -1.30. The molecule has 0 bridgehead atoms. The molecule has 2 rings (SSSR count). The molecule has 5 heteroatoms. The first-order chi connectivity index (χ1) is 10.1. The lowest BCUT2D eigenvalue weighted by molar-refractivity contribution is -0.144. The number of aliphatic carboxylic acids is 1. The summed E-state index contributed by atoms with van der Waals surface area (Å²) in [6, 6.07) is 17.1. The van der Waals surface area contributed by atoms with Crippen molar-refractivity contribution in [1.82, 2.24) is 5.32 Å². The summed E-state index contributed by atoms with van der Waals surface area (Å²) < 4.78 is 0.971. The molecule has 0 amide bonds. The third-order valence-corrected chi connectivity index (χ3v) is 5.54. The molecule has 0 aliphatic heterocycles. The molecule has 2 aromatic rings. The maximum absolute atomic E-state index is 11.9. The summed E-state index contributed by atoms with van der Waals surface area (Å²) in [5.41, 5.74) is -0.360. The highest BCUT2D eigenvalue weighted by molar-refractivity contribution is 9.10. The van der Waals surface area contributed by atoms with Crippen LogP contribution in [-0.2, 0) is 10.3 Å². The van der Waals surface area contributed by atoms with E-state index in [1.54, 1.807) is 7.05 Å². The van der Waals surface area contributed by atoms with E-state index in [0.717, 1.165) is 14.9 Å². The minimum atomic E-state index is -1.11. The van der Waals surface area contributed by atoms with E-state index in [4.69, 9.17) is 0 Å². The van der Waals surface area contributed by atoms with Gasteiger partial charge in [-0.1, -0.05) is 42.5 Å². The van der Waals surface area contributed by atoms with Gasteiger partial charge in [0, 0.05) is 15.1 Å². The smallest absolute Gasteiger partial charge is 0.329 e. The van der Waals surface area contributed by atoms with Crippen molar-refractivity contribution in [2.24, 2.45) is 0 Å². The minimum absolute atomic E-state index is 0.394. The fraction of sp³-hybridized carbons (Fsp3) is 0.188. The topological polar surface area (TPSA) is 49.3 Å². The third kappa shape index (κ3) is 3.48. The SMILES string of the molecule is CNC(CSc1ccccc1Br)(C(=O)O)c1ccccc1. The van der Waals surface area contributed by atoms with Gasteiger partial charge in [-0.3, -0.25) is 0 Å². The van der Waals surface area contributed by atoms with Crippen LogP contribution in [0.4, 0.5) is 0 Å². The van der Waals surface area contributed by atoms with Crippen molar-refractivity contribution in [2.45, 2.75) is 10.4 Å². The van der Waals surface area contributed by atoms with E-state index in [1.165, 1.54) is 11.8 Å². The lowest BCUT2D eigenvalue weighted by Crippen LogP contribution is -2.49. The van der Waals surface area contributed by atoms with Gasteiger partial charge in [-0.15, -0.1) is 11.8 Å². The summed E-state index contributed by atoms with van der Waals surface area (Å²) in [5.74, 6) is -0.485. The quantitative estimate of drug-likeness (QED) is 0.765. The normalized spacial score (nSPS) is 13.6. The molecule has 1 atom stereocenters. The second kappa shape index (κ2) is 7.11. The number of thioether (sulfide) groups is 1. The Bertz CT molecular complexity index is 621. The molecule has 0 aliphatic rings. The fourth-order valence-electron chi connectivity index (χ4n) is 2.06. The molecule has 0 saturated heterocycles. The highest BCUT2D eigenvalue weighted by atomic mass is 79.9. The van der Waals surface area contributed by atoms with Crippen LogP contribution in [-0.4, -0.2) is 23.9 Å². The van der Waals surface area contributed by atoms with E-state index < -0.39 is 11.5 Å². The molecule has 21 heavy (non-hydrogen) atoms. The van der Waals surface area contributed by atoms with Gasteiger partial charge in [0.25, 0.3) is 0 Å². The number of carboxylic acids is 1. The monoisotopic (exact) mass is 365 g/mol. The van der Waals surface area contributed by atoms with Gasteiger partial charge in [-0.25, -0.2) is 4.79 Å². The number of carboxylic acid groups (broad SMARTS) is 1. The molecule has 0 radical (unpaired) electrons. The van der Waals surface area contributed by atoms with Crippen molar-refractivity contribution >= 4 is 33.7 Å². The number of likely N-dealkylation sites (N-methyl/N-ethyl adjacent to an activating group) is 1. The van der Waals surface area contributed by atoms with Crippen LogP contribution in [0.1, 0.15) is 5.56 Å². The summed E-state index contributed by atoms with van der Waals surface area (Å²) in [6.07, 6.45) is 0. The van der Waals surface area contributed by atoms with Gasteiger partial charge in [0.1, 0.15) is 0 Å². The Labute approximate surface area is 136 Å². The largest absolute Gasteiger partial charge is 0.480 e. The average Bonchev–Trinajstić information content (AvgIpc) is 2.51. The first-order valence-corrected chi connectivity index (χ1v) is 8.23. The van der Waals surface area contributed by atoms with Crippen LogP contribution in [0, 0.1) is 0 Å². The summed E-state index contributed by atoms with van der Waals surface area (Å²) in [7, 11) is 1.68. The molecular formula is C16H16BrNO2S. The lowest BCUT2D eigenvalue weighted by Gasteiger charge is -2.29. The van der Waals surface area contributed by atoms with E-state index in [0.29, 0.717) is 5.75 Å². The molecule has 2 aromatic carbocycles. The summed E-state index contributed by atoms with van der Waals surface area (Å²) in [4.78, 5) is 12.9. The van der Waals surface area contributed by atoms with Crippen molar-refractivity contribution in [3.8, 4) is 0 Å². The number of rotatable bonds is 6. The molecular weight excluding hydrogens is 350 g/mol. The van der Waals surface area contributed by atoms with Crippen LogP contribution in [0.3, 0.4) is 0 Å². The van der Waals surface area contributed by atoms with Gasteiger partial charge in [0.15, 0.2) is 5.54 Å². The average molecular weight is 366 g/mol. The fourth-order valence-corrected chi connectivity index (χ4v) is 3.88. The van der Waals surface area contributed by atoms with Gasteiger partial charge < -0.3 is 10.4 Å². The Balaban J connectivity index is 2.30. The minimum Gasteiger partial charge on any atom is -0.480 e. The number of hydrogen-bond acceptors (Lipinski definition) is 3. The molecule has 2 N–H and O–H groups in total. The molecule has 1 unspecified atom stereocenters. The first-order valence-electron chi connectivity index (χ1n) is 6.45. The summed E-state index contributed by atoms with van der Waals surface area (Å²) in [5, 5.41) is 12.7. The van der Waals surface area contributed by atoms with Crippen molar-refractivity contribution < 1.29 is 9.90 Å². The highest BCUT2D eigenvalue weighted by Crippen LogP contribution is 2.33. The van der Waals surface area contributed by atoms with E-state index in [-0.39, 0.29) is 0 Å². The van der Waals surface area contributed by atoms with Crippen LogP contribution in [0.15, 0.2) is 64.0 Å². The van der Waals surface area contributed by atoms with Crippen molar-refractivity contribution in [1.29, 1.82) is 0 Å². The summed E-state index contributed by atoms with van der Waals surface area (Å²) in [6.45, 7) is 0. The van der Waals surface area contributed by atoms with E-state index in [1.807, 2.05) is 54.6 Å². The zero-order valence-corrected chi connectivity index (χ0v) is 13.9. The number of halogens is 1. The number of carbonyl (C=O) groups is 1. The van der Waals surface area contributed by atoms with Gasteiger partial charge in [-0.05, 0) is 40.7 Å². The standard InChI is InChI=1S/C16H16BrNO2S/c1-18-16(15(19)20,12-7-3-2-4-8-12)11-21-14-10-6-5-9-13(14)17/h2-10,18H,11H2,1H3,(H,19,20). The number of benzene rings is 2. The zero-order valence-electron chi connectivity index (χ0n) is 11.5. The second-order valence-electron chi connectivity index (χ2n) is 4.55. The molecule has 0 heterocycles. The Morgan fingerprint density at radius 1 is 1.19 bits per heavy atom. The Morgan fingerprint density at radius 2 is 1.81 bits per heavy atom. The van der Waals surface area contributed by atoms with E-state index in [9.17, 15) is 9.90 Å². The van der Waals surface area contributed by atoms with E-state index >= 15 is 0 Å². The van der Waals surface area contributed by atoms with Crippen molar-refractivity contribution in [3.63, 3.8) is 0 Å². The molecule has 0 aliphatic carbocycles. The maximum Gasteiger partial charge on any atom is 0.329 e. The van der Waals surface area contributed by atoms with Gasteiger partial charge in [0.05, 0.1) is 0 Å². The molecule has 110 valence electrons. The van der Waals surface area contributed by atoms with Crippen LogP contribution in [0.25, 0.3) is 0 Å². The zero-order chi connectivity index (χ0) is 15.3. The predicted molar refractivity (Wildman–Crippen MR) is 89.7 cm³/mol. The molecule has 0 spiro atoms. The van der Waals surface area contributed by atoms with E-state index in [2.05, 4.69) is 21.2 Å². The molecule has 0 fully saturated rings. The summed E-state index contributed by atoms with van der Waals surface area (Å²) >= 11 is 5.00. The maximum atomic E-state index is 11.9. The van der Waals surface area contributed by atoms with Gasteiger partial charge in [-0.2, -0.15) is 0 Å². The Kier molecular flexibility index (Phi) is 5.45. The van der Waals surface area contributed by atoms with Gasteiger partial charge >= 0.3 is 5.97 Å². The predicted octanol–water partition coefficient (Wildman–Crippen LogP) is 3.74. The molecule has 3 nitrogen and oxygen atoms in total. The first kappa shape index (κ1) is 16.1. The van der Waals surface area contributed by atoms with Crippen LogP contribution in [0.2, 0.25) is 0 Å². The second-order valence-corrected chi connectivity index (χ2v) is 6.42. The number of hydrogen-bond donors (Lipinski definition) is 2. The highest BCUT2D eigenvalue weighted by Gasteiger charge is 2.39. The van der Waals surface area contributed by atoms with Crippen molar-refractivity contribution in [2.75, 3.05) is 12.8 Å².